The maximum absolute atomic E-state index is 13.3. The maximum Gasteiger partial charge on any atom is 0.233 e. The number of nitrogens with one attached hydrogen (secondary N) is 1. The minimum atomic E-state index is -1.19. The Labute approximate surface area is 215 Å². The van der Waals surface area contributed by atoms with Crippen molar-refractivity contribution >= 4 is 34.1 Å². The number of anilines is 1. The number of methoxy groups -OCH3 is 1. The van der Waals surface area contributed by atoms with E-state index >= 15 is 0 Å². The molecule has 2 aromatic carbocycles. The van der Waals surface area contributed by atoms with Crippen molar-refractivity contribution in [3.63, 3.8) is 0 Å². The number of hydrogen-bond donors (Lipinski definition) is 1. The van der Waals surface area contributed by atoms with Crippen molar-refractivity contribution in [3.8, 4) is 17.0 Å². The Bertz CT molecular complexity index is 1150. The van der Waals surface area contributed by atoms with Gasteiger partial charge in [0.15, 0.2) is 5.82 Å². The van der Waals surface area contributed by atoms with E-state index in [-0.39, 0.29) is 5.91 Å². The monoisotopic (exact) mass is 513 g/mol. The average Bonchev–Trinajstić information content (AvgIpc) is 2.86. The summed E-state index contributed by atoms with van der Waals surface area (Å²) in [5.41, 5.74) is 2.37. The molecule has 1 aromatic heterocycles. The molecule has 35 heavy (non-hydrogen) atoms. The van der Waals surface area contributed by atoms with Crippen LogP contribution in [0.25, 0.3) is 11.3 Å². The molecule has 0 fully saturated rings. The summed E-state index contributed by atoms with van der Waals surface area (Å²) in [6.07, 6.45) is 11.0. The second-order valence-corrected chi connectivity index (χ2v) is 10.2. The molecule has 186 valence electrons. The first-order chi connectivity index (χ1) is 16.9. The number of ether oxygens (including phenoxy) is 1. The zero-order valence-electron chi connectivity index (χ0n) is 20.4. The van der Waals surface area contributed by atoms with Gasteiger partial charge in [0.25, 0.3) is 0 Å². The lowest BCUT2D eigenvalue weighted by Crippen LogP contribution is -2.22. The van der Waals surface area contributed by atoms with Crippen LogP contribution in [0.4, 0.5) is 5.82 Å². The molecule has 0 bridgehead atoms. The summed E-state index contributed by atoms with van der Waals surface area (Å²) in [6.45, 7) is 2.18. The van der Waals surface area contributed by atoms with Crippen LogP contribution < -0.4 is 10.1 Å². The van der Waals surface area contributed by atoms with Gasteiger partial charge in [-0.25, -0.2) is 4.98 Å². The fourth-order valence-electron chi connectivity index (χ4n) is 3.91. The van der Waals surface area contributed by atoms with Crippen molar-refractivity contribution in [1.29, 1.82) is 0 Å². The zero-order valence-corrected chi connectivity index (χ0v) is 22.0. The van der Waals surface area contributed by atoms with Crippen molar-refractivity contribution < 1.29 is 13.7 Å². The van der Waals surface area contributed by atoms with Gasteiger partial charge in [0.05, 0.1) is 51.8 Å². The number of amides is 1. The molecule has 1 heterocycles. The van der Waals surface area contributed by atoms with Gasteiger partial charge in [-0.15, -0.1) is 0 Å². The predicted molar refractivity (Wildman–Crippen MR) is 143 cm³/mol. The van der Waals surface area contributed by atoms with E-state index in [9.17, 15) is 9.00 Å². The van der Waals surface area contributed by atoms with E-state index in [0.717, 1.165) is 36.1 Å². The van der Waals surface area contributed by atoms with E-state index in [2.05, 4.69) is 22.2 Å². The molecule has 1 amide bonds. The molecule has 2 atom stereocenters. The molecule has 0 saturated carbocycles. The summed E-state index contributed by atoms with van der Waals surface area (Å²) in [5.74, 6) is 0.564. The van der Waals surface area contributed by atoms with E-state index in [0.29, 0.717) is 27.9 Å². The summed E-state index contributed by atoms with van der Waals surface area (Å²) in [5, 5.41) is 3.32. The zero-order chi connectivity index (χ0) is 25.2. The van der Waals surface area contributed by atoms with Crippen LogP contribution in [0, 0.1) is 0 Å². The Balaban J connectivity index is 1.76. The van der Waals surface area contributed by atoms with Crippen LogP contribution in [-0.2, 0) is 15.6 Å². The SMILES string of the molecule is CCCCCCCC(C(=O)Nc1cnc(-c2cccc(OC)c2)cn1)c1ccc(S(C)=O)c(Cl)c1. The molecular weight excluding hydrogens is 482 g/mol. The molecule has 8 heteroatoms. The van der Waals surface area contributed by atoms with Crippen LogP contribution in [-0.4, -0.2) is 33.4 Å². The van der Waals surface area contributed by atoms with E-state index in [1.165, 1.54) is 12.8 Å². The number of halogens is 1. The van der Waals surface area contributed by atoms with Gasteiger partial charge in [-0.3, -0.25) is 14.0 Å². The van der Waals surface area contributed by atoms with Crippen LogP contribution in [0.5, 0.6) is 5.75 Å². The molecule has 1 N–H and O–H groups in total. The Kier molecular flexibility index (Phi) is 10.2. The van der Waals surface area contributed by atoms with E-state index in [1.54, 1.807) is 37.9 Å². The molecule has 0 saturated heterocycles. The number of benzene rings is 2. The normalized spacial score (nSPS) is 12.7. The topological polar surface area (TPSA) is 81.2 Å². The molecular formula is C27H32ClN3O3S. The van der Waals surface area contributed by atoms with E-state index < -0.39 is 16.7 Å². The number of carbonyl (C=O) groups excluding carboxylic acids is 1. The third kappa shape index (κ3) is 7.61. The van der Waals surface area contributed by atoms with Crippen molar-refractivity contribution in [2.24, 2.45) is 0 Å². The minimum Gasteiger partial charge on any atom is -0.497 e. The number of rotatable bonds is 12. The predicted octanol–water partition coefficient (Wildman–Crippen LogP) is 6.63. The first kappa shape index (κ1) is 26.8. The lowest BCUT2D eigenvalue weighted by atomic mass is 9.92. The van der Waals surface area contributed by atoms with Gasteiger partial charge >= 0.3 is 0 Å². The number of carbonyl (C=O) groups is 1. The summed E-state index contributed by atoms with van der Waals surface area (Å²) < 4.78 is 17.2. The van der Waals surface area contributed by atoms with Crippen LogP contribution >= 0.6 is 11.6 Å². The smallest absolute Gasteiger partial charge is 0.233 e. The molecule has 3 aromatic rings. The minimum absolute atomic E-state index is 0.162. The lowest BCUT2D eigenvalue weighted by molar-refractivity contribution is -0.117. The Morgan fingerprint density at radius 3 is 2.54 bits per heavy atom. The lowest BCUT2D eigenvalue weighted by Gasteiger charge is -2.18. The highest BCUT2D eigenvalue weighted by molar-refractivity contribution is 7.84. The molecule has 6 nitrogen and oxygen atoms in total. The third-order valence-electron chi connectivity index (χ3n) is 5.85. The summed E-state index contributed by atoms with van der Waals surface area (Å²) >= 11 is 6.38. The fraction of sp³-hybridized carbons (Fsp3) is 0.370. The van der Waals surface area contributed by atoms with Crippen molar-refractivity contribution in [2.75, 3.05) is 18.7 Å². The van der Waals surface area contributed by atoms with Crippen LogP contribution in [0.2, 0.25) is 5.02 Å². The molecule has 0 aliphatic carbocycles. The Morgan fingerprint density at radius 1 is 1.09 bits per heavy atom. The van der Waals surface area contributed by atoms with Crippen molar-refractivity contribution in [3.05, 3.63) is 65.4 Å². The molecule has 0 radical (unpaired) electrons. The van der Waals surface area contributed by atoms with Gasteiger partial charge in [-0.2, -0.15) is 0 Å². The summed E-state index contributed by atoms with van der Waals surface area (Å²) in [7, 11) is 0.425. The highest BCUT2D eigenvalue weighted by atomic mass is 35.5. The first-order valence-corrected chi connectivity index (χ1v) is 13.8. The number of aromatic nitrogens is 2. The van der Waals surface area contributed by atoms with Gasteiger partial charge in [0.2, 0.25) is 5.91 Å². The highest BCUT2D eigenvalue weighted by Crippen LogP contribution is 2.30. The molecule has 2 unspecified atom stereocenters. The summed E-state index contributed by atoms with van der Waals surface area (Å²) in [4.78, 5) is 22.7. The largest absolute Gasteiger partial charge is 0.497 e. The standard InChI is InChI=1S/C27H32ClN3O3S/c1-4-5-6-7-8-12-22(19-13-14-25(35(3)33)23(28)16-19)27(32)31-26-18-29-24(17-30-26)20-10-9-11-21(15-20)34-2/h9-11,13-18,22H,4-8,12H2,1-3H3,(H,30,31,32). The van der Waals surface area contributed by atoms with Crippen molar-refractivity contribution in [1.82, 2.24) is 9.97 Å². The van der Waals surface area contributed by atoms with Crippen molar-refractivity contribution in [2.45, 2.75) is 56.3 Å². The number of nitrogens with zero attached hydrogens (tertiary/aromatic N) is 2. The second kappa shape index (κ2) is 13.4. The fourth-order valence-corrected chi connectivity index (χ4v) is 5.01. The average molecular weight is 514 g/mol. The quantitative estimate of drug-likeness (QED) is 0.275. The molecule has 0 aliphatic heterocycles. The van der Waals surface area contributed by atoms with Crippen LogP contribution in [0.3, 0.4) is 0 Å². The van der Waals surface area contributed by atoms with Gasteiger partial charge in [0.1, 0.15) is 5.75 Å². The second-order valence-electron chi connectivity index (χ2n) is 8.41. The summed E-state index contributed by atoms with van der Waals surface area (Å²) in [6, 6.07) is 12.9. The molecule has 3 rings (SSSR count). The van der Waals surface area contributed by atoms with Gasteiger partial charge < -0.3 is 10.1 Å². The van der Waals surface area contributed by atoms with Gasteiger partial charge in [-0.05, 0) is 36.2 Å². The van der Waals surface area contributed by atoms with Gasteiger partial charge in [0, 0.05) is 11.8 Å². The maximum atomic E-state index is 13.3. The van der Waals surface area contributed by atoms with E-state index in [1.807, 2.05) is 30.3 Å². The Hall–Kier alpha value is -2.77. The first-order valence-electron chi connectivity index (χ1n) is 11.8. The molecule has 0 aliphatic rings. The molecule has 0 spiro atoms. The third-order valence-corrected chi connectivity index (χ3v) is 7.25. The van der Waals surface area contributed by atoms with Crippen LogP contribution in [0.15, 0.2) is 59.8 Å². The number of hydrogen-bond acceptors (Lipinski definition) is 5. The van der Waals surface area contributed by atoms with Gasteiger partial charge in [-0.1, -0.05) is 68.8 Å². The number of unbranched alkanes of at least 4 members (excludes halogenated alkanes) is 4. The Morgan fingerprint density at radius 2 is 1.89 bits per heavy atom. The highest BCUT2D eigenvalue weighted by Gasteiger charge is 2.22. The van der Waals surface area contributed by atoms with Crippen LogP contribution in [0.1, 0.15) is 56.9 Å². The van der Waals surface area contributed by atoms with E-state index in [4.69, 9.17) is 16.3 Å².